The van der Waals surface area contributed by atoms with Gasteiger partial charge in [0.15, 0.2) is 0 Å². The Morgan fingerprint density at radius 2 is 1.50 bits per heavy atom. The smallest absolute Gasteiger partial charge is 0.231 e. The molecule has 0 radical (unpaired) electrons. The number of hydrogen-bond acceptors (Lipinski definition) is 2. The zero-order valence-electron chi connectivity index (χ0n) is 19.6. The molecule has 1 atom stereocenters. The van der Waals surface area contributed by atoms with Gasteiger partial charge in [-0.25, -0.2) is 0 Å². The van der Waals surface area contributed by atoms with Crippen LogP contribution in [0.15, 0.2) is 84.9 Å². The van der Waals surface area contributed by atoms with Gasteiger partial charge in [0.05, 0.1) is 11.5 Å². The van der Waals surface area contributed by atoms with Crippen LogP contribution in [0.3, 0.4) is 0 Å². The van der Waals surface area contributed by atoms with E-state index in [-0.39, 0.29) is 17.9 Å². The highest BCUT2D eigenvalue weighted by atomic mass is 16.2. The second-order valence-corrected chi connectivity index (χ2v) is 9.58. The van der Waals surface area contributed by atoms with Crippen LogP contribution in [0.4, 0.5) is 0 Å². The Kier molecular flexibility index (Phi) is 6.48. The third-order valence-corrected chi connectivity index (χ3v) is 7.64. The summed E-state index contributed by atoms with van der Waals surface area (Å²) in [7, 11) is 0. The maximum Gasteiger partial charge on any atom is 0.231 e. The van der Waals surface area contributed by atoms with Crippen molar-refractivity contribution in [1.29, 1.82) is 0 Å². The normalized spacial score (nSPS) is 18.8. The molecule has 2 aliphatic rings. The van der Waals surface area contributed by atoms with E-state index in [1.54, 1.807) is 0 Å². The average molecular weight is 453 g/mol. The van der Waals surface area contributed by atoms with Gasteiger partial charge in [0, 0.05) is 19.5 Å². The maximum atomic E-state index is 13.9. The van der Waals surface area contributed by atoms with E-state index in [0.29, 0.717) is 32.4 Å². The number of amides is 2. The number of hydrogen-bond donors (Lipinski definition) is 1. The quantitative estimate of drug-likeness (QED) is 0.573. The fourth-order valence-electron chi connectivity index (χ4n) is 5.60. The molecule has 3 aromatic rings. The molecule has 0 spiro atoms. The Morgan fingerprint density at radius 3 is 2.24 bits per heavy atom. The van der Waals surface area contributed by atoms with Gasteiger partial charge in [-0.2, -0.15) is 0 Å². The van der Waals surface area contributed by atoms with Crippen molar-refractivity contribution in [3.8, 4) is 0 Å². The first-order chi connectivity index (χ1) is 16.7. The van der Waals surface area contributed by atoms with Gasteiger partial charge < -0.3 is 10.2 Å². The van der Waals surface area contributed by atoms with Gasteiger partial charge in [-0.15, -0.1) is 0 Å². The Labute approximate surface area is 202 Å². The maximum absolute atomic E-state index is 13.9. The Morgan fingerprint density at radius 1 is 0.853 bits per heavy atom. The molecule has 1 aliphatic heterocycles. The van der Waals surface area contributed by atoms with E-state index < -0.39 is 5.41 Å². The second-order valence-electron chi connectivity index (χ2n) is 9.58. The number of benzene rings is 3. The second kappa shape index (κ2) is 9.84. The SMILES string of the molecule is O=C(CCc1ccccc1)N1CCC(C(=O)NC2CCc3ccccc32)(c2ccccc2)CC1. The van der Waals surface area contributed by atoms with Crippen LogP contribution >= 0.6 is 0 Å². The molecule has 174 valence electrons. The van der Waals surface area contributed by atoms with E-state index in [9.17, 15) is 9.59 Å². The summed E-state index contributed by atoms with van der Waals surface area (Å²) in [6.45, 7) is 1.22. The first-order valence-electron chi connectivity index (χ1n) is 12.4. The molecule has 1 saturated heterocycles. The third kappa shape index (κ3) is 4.50. The molecule has 4 nitrogen and oxygen atoms in total. The molecular weight excluding hydrogens is 420 g/mol. The van der Waals surface area contributed by atoms with E-state index in [1.807, 2.05) is 41.3 Å². The number of carbonyl (C=O) groups is 2. The van der Waals surface area contributed by atoms with Crippen LogP contribution in [-0.2, 0) is 27.8 Å². The van der Waals surface area contributed by atoms with Crippen molar-refractivity contribution >= 4 is 11.8 Å². The first-order valence-corrected chi connectivity index (χ1v) is 12.4. The first kappa shape index (κ1) is 22.4. The lowest BCUT2D eigenvalue weighted by molar-refractivity contribution is -0.137. The summed E-state index contributed by atoms with van der Waals surface area (Å²) < 4.78 is 0. The van der Waals surface area contributed by atoms with Crippen molar-refractivity contribution in [1.82, 2.24) is 10.2 Å². The van der Waals surface area contributed by atoms with Crippen molar-refractivity contribution in [2.75, 3.05) is 13.1 Å². The van der Waals surface area contributed by atoms with Crippen molar-refractivity contribution in [2.45, 2.75) is 50.0 Å². The molecule has 0 bridgehead atoms. The molecule has 34 heavy (non-hydrogen) atoms. The van der Waals surface area contributed by atoms with E-state index in [1.165, 1.54) is 16.7 Å². The van der Waals surface area contributed by atoms with Crippen molar-refractivity contribution in [2.24, 2.45) is 0 Å². The standard InChI is InChI=1S/C30H32N2O2/c33-28(18-15-23-9-3-1-4-10-23)32-21-19-30(20-22-32,25-12-5-2-6-13-25)29(34)31-27-17-16-24-11-7-8-14-26(24)27/h1-14,27H,15-22H2,(H,31,34). The summed E-state index contributed by atoms with van der Waals surface area (Å²) >= 11 is 0. The predicted molar refractivity (Wildman–Crippen MR) is 134 cm³/mol. The third-order valence-electron chi connectivity index (χ3n) is 7.64. The summed E-state index contributed by atoms with van der Waals surface area (Å²) in [5.74, 6) is 0.271. The summed E-state index contributed by atoms with van der Waals surface area (Å²) in [6.07, 6.45) is 4.50. The minimum absolute atomic E-state index is 0.0646. The molecule has 4 heteroatoms. The van der Waals surface area contributed by atoms with E-state index >= 15 is 0 Å². The van der Waals surface area contributed by atoms with Crippen molar-refractivity contribution < 1.29 is 9.59 Å². The van der Waals surface area contributed by atoms with Crippen molar-refractivity contribution in [3.05, 3.63) is 107 Å². The minimum Gasteiger partial charge on any atom is -0.349 e. The van der Waals surface area contributed by atoms with Crippen molar-refractivity contribution in [3.63, 3.8) is 0 Å². The summed E-state index contributed by atoms with van der Waals surface area (Å²) in [4.78, 5) is 28.7. The molecule has 1 unspecified atom stereocenters. The monoisotopic (exact) mass is 452 g/mol. The summed E-state index contributed by atoms with van der Waals surface area (Å²) in [6, 6.07) is 28.8. The Balaban J connectivity index is 1.29. The zero-order chi connectivity index (χ0) is 23.4. The summed E-state index contributed by atoms with van der Waals surface area (Å²) in [5, 5.41) is 3.39. The molecule has 1 aliphatic carbocycles. The number of aryl methyl sites for hydroxylation is 2. The number of nitrogens with one attached hydrogen (secondary N) is 1. The number of fused-ring (bicyclic) bond motifs is 1. The van der Waals surface area contributed by atoms with Gasteiger partial charge in [-0.1, -0.05) is 84.9 Å². The molecule has 1 heterocycles. The topological polar surface area (TPSA) is 49.4 Å². The minimum atomic E-state index is -0.602. The van der Waals surface area contributed by atoms with Gasteiger partial charge in [0.25, 0.3) is 0 Å². The Bertz CT molecular complexity index is 1130. The van der Waals surface area contributed by atoms with Crippen LogP contribution in [-0.4, -0.2) is 29.8 Å². The van der Waals surface area contributed by atoms with E-state index in [4.69, 9.17) is 0 Å². The molecule has 2 amide bonds. The predicted octanol–water partition coefficient (Wildman–Crippen LogP) is 4.98. The van der Waals surface area contributed by atoms with Gasteiger partial charge in [-0.05, 0) is 54.4 Å². The largest absolute Gasteiger partial charge is 0.349 e. The van der Waals surface area contributed by atoms with E-state index in [2.05, 4.69) is 53.8 Å². The van der Waals surface area contributed by atoms with Crippen LogP contribution in [0.5, 0.6) is 0 Å². The zero-order valence-corrected chi connectivity index (χ0v) is 19.6. The molecule has 3 aromatic carbocycles. The van der Waals surface area contributed by atoms with Crippen LogP contribution in [0.1, 0.15) is 54.0 Å². The molecular formula is C30H32N2O2. The highest BCUT2D eigenvalue weighted by molar-refractivity contribution is 5.89. The fraction of sp³-hybridized carbons (Fsp3) is 0.333. The lowest BCUT2D eigenvalue weighted by Gasteiger charge is -2.41. The lowest BCUT2D eigenvalue weighted by Crippen LogP contribution is -2.53. The van der Waals surface area contributed by atoms with Gasteiger partial charge in [0.2, 0.25) is 11.8 Å². The molecule has 5 rings (SSSR count). The lowest BCUT2D eigenvalue weighted by atomic mass is 9.71. The number of nitrogens with zero attached hydrogens (tertiary/aromatic N) is 1. The number of rotatable bonds is 6. The van der Waals surface area contributed by atoms with E-state index in [0.717, 1.165) is 24.8 Å². The van der Waals surface area contributed by atoms with Gasteiger partial charge in [0.1, 0.15) is 0 Å². The van der Waals surface area contributed by atoms with Gasteiger partial charge >= 0.3 is 0 Å². The fourth-order valence-corrected chi connectivity index (χ4v) is 5.60. The highest BCUT2D eigenvalue weighted by Crippen LogP contribution is 2.38. The van der Waals surface area contributed by atoms with Gasteiger partial charge in [-0.3, -0.25) is 9.59 Å². The molecule has 0 aromatic heterocycles. The van der Waals surface area contributed by atoms with Crippen LogP contribution in [0.2, 0.25) is 0 Å². The average Bonchev–Trinajstić information content (AvgIpc) is 3.31. The molecule has 1 N–H and O–H groups in total. The number of carbonyl (C=O) groups excluding carboxylic acids is 2. The molecule has 1 fully saturated rings. The number of likely N-dealkylation sites (tertiary alicyclic amines) is 1. The molecule has 0 saturated carbocycles. The highest BCUT2D eigenvalue weighted by Gasteiger charge is 2.44. The van der Waals surface area contributed by atoms with Crippen LogP contribution in [0.25, 0.3) is 0 Å². The van der Waals surface area contributed by atoms with Crippen LogP contribution < -0.4 is 5.32 Å². The summed E-state index contributed by atoms with van der Waals surface area (Å²) in [5.41, 5.74) is 4.21. The van der Waals surface area contributed by atoms with Crippen LogP contribution in [0, 0.1) is 0 Å². The number of piperidine rings is 1. The Hall–Kier alpha value is -3.40.